The third-order valence-corrected chi connectivity index (χ3v) is 3.93. The molecule has 0 bridgehead atoms. The van der Waals surface area contributed by atoms with Gasteiger partial charge in [-0.1, -0.05) is 11.6 Å². The quantitative estimate of drug-likeness (QED) is 0.915. The number of rotatable bonds is 2. The molecule has 0 radical (unpaired) electrons. The zero-order valence-corrected chi connectivity index (χ0v) is 11.2. The first-order chi connectivity index (χ1) is 9.06. The van der Waals surface area contributed by atoms with Crippen molar-refractivity contribution in [3.8, 4) is 0 Å². The Morgan fingerprint density at radius 2 is 2.26 bits per heavy atom. The molecule has 0 saturated carbocycles. The minimum absolute atomic E-state index is 0.175. The van der Waals surface area contributed by atoms with Crippen molar-refractivity contribution in [3.05, 3.63) is 35.0 Å². The van der Waals surface area contributed by atoms with E-state index in [9.17, 15) is 4.79 Å². The molecule has 0 aliphatic carbocycles. The van der Waals surface area contributed by atoms with Crippen molar-refractivity contribution in [2.24, 2.45) is 0 Å². The fourth-order valence-corrected chi connectivity index (χ4v) is 2.63. The lowest BCUT2D eigenvalue weighted by Gasteiger charge is -2.41. The number of nitrogens with zero attached hydrogens (tertiary/aromatic N) is 2. The highest BCUT2D eigenvalue weighted by Crippen LogP contribution is 2.35. The molecule has 1 saturated heterocycles. The molecule has 3 rings (SSSR count). The fraction of sp³-hybridized carbons (Fsp3) is 0.286. The predicted molar refractivity (Wildman–Crippen MR) is 75.1 cm³/mol. The molecule has 1 aliphatic heterocycles. The minimum atomic E-state index is -0.981. The van der Waals surface area contributed by atoms with Crippen LogP contribution in [0.15, 0.2) is 24.4 Å². The molecule has 98 valence electrons. The van der Waals surface area contributed by atoms with E-state index in [1.807, 2.05) is 6.07 Å². The molecular formula is C14H13ClN2O2. The van der Waals surface area contributed by atoms with Crippen LogP contribution in [0.25, 0.3) is 10.9 Å². The second kappa shape index (κ2) is 4.38. The number of hydrogen-bond donors (Lipinski definition) is 1. The summed E-state index contributed by atoms with van der Waals surface area (Å²) < 4.78 is 0. The SMILES string of the molecule is C[C@H]1CCN1c1cc2ncc(C(=O)O)cc2cc1Cl. The summed E-state index contributed by atoms with van der Waals surface area (Å²) in [6.45, 7) is 3.16. The van der Waals surface area contributed by atoms with Crippen LogP contribution in [0.4, 0.5) is 5.69 Å². The van der Waals surface area contributed by atoms with E-state index >= 15 is 0 Å². The zero-order valence-electron chi connectivity index (χ0n) is 10.4. The summed E-state index contributed by atoms with van der Waals surface area (Å²) in [5, 5.41) is 10.4. The summed E-state index contributed by atoms with van der Waals surface area (Å²) in [5.41, 5.74) is 1.92. The molecule has 2 aromatic rings. The summed E-state index contributed by atoms with van der Waals surface area (Å²) in [4.78, 5) is 17.4. The Hall–Kier alpha value is -1.81. The van der Waals surface area contributed by atoms with Crippen molar-refractivity contribution in [2.45, 2.75) is 19.4 Å². The second-order valence-electron chi connectivity index (χ2n) is 4.86. The molecule has 1 aliphatic rings. The average molecular weight is 277 g/mol. The average Bonchev–Trinajstić information content (AvgIpc) is 2.37. The van der Waals surface area contributed by atoms with Crippen LogP contribution >= 0.6 is 11.6 Å². The number of benzene rings is 1. The highest BCUT2D eigenvalue weighted by atomic mass is 35.5. The van der Waals surface area contributed by atoms with E-state index in [1.165, 1.54) is 12.6 Å². The largest absolute Gasteiger partial charge is 0.478 e. The van der Waals surface area contributed by atoms with Crippen molar-refractivity contribution >= 4 is 34.2 Å². The maximum atomic E-state index is 10.9. The van der Waals surface area contributed by atoms with Gasteiger partial charge >= 0.3 is 5.97 Å². The summed E-state index contributed by atoms with van der Waals surface area (Å²) >= 11 is 6.29. The maximum absolute atomic E-state index is 10.9. The lowest BCUT2D eigenvalue weighted by atomic mass is 10.0. The van der Waals surface area contributed by atoms with Crippen LogP contribution in [-0.2, 0) is 0 Å². The third kappa shape index (κ3) is 2.02. The molecule has 1 aromatic heterocycles. The normalized spacial score (nSPS) is 18.4. The molecule has 1 N–H and O–H groups in total. The number of carbonyl (C=O) groups is 1. The molecule has 1 aromatic carbocycles. The highest BCUT2D eigenvalue weighted by molar-refractivity contribution is 6.34. The lowest BCUT2D eigenvalue weighted by molar-refractivity contribution is 0.0696. The van der Waals surface area contributed by atoms with Crippen LogP contribution in [0, 0.1) is 0 Å². The second-order valence-corrected chi connectivity index (χ2v) is 5.26. The first-order valence-corrected chi connectivity index (χ1v) is 6.53. The topological polar surface area (TPSA) is 53.4 Å². The van der Waals surface area contributed by atoms with Crippen molar-refractivity contribution in [1.82, 2.24) is 4.98 Å². The number of aromatic nitrogens is 1. The highest BCUT2D eigenvalue weighted by Gasteiger charge is 2.25. The Labute approximate surface area is 115 Å². The van der Waals surface area contributed by atoms with Crippen molar-refractivity contribution in [1.29, 1.82) is 0 Å². The molecular weight excluding hydrogens is 264 g/mol. The predicted octanol–water partition coefficient (Wildman–Crippen LogP) is 3.19. The Morgan fingerprint density at radius 1 is 1.47 bits per heavy atom. The zero-order chi connectivity index (χ0) is 13.6. The number of pyridine rings is 1. The van der Waals surface area contributed by atoms with Gasteiger partial charge in [0.1, 0.15) is 0 Å². The monoisotopic (exact) mass is 276 g/mol. The summed E-state index contributed by atoms with van der Waals surface area (Å²) in [6, 6.07) is 5.81. The number of anilines is 1. The molecule has 0 amide bonds. The van der Waals surface area contributed by atoms with Gasteiger partial charge in [-0.2, -0.15) is 0 Å². The number of carboxylic acid groups (broad SMARTS) is 1. The lowest BCUT2D eigenvalue weighted by Crippen LogP contribution is -2.45. The van der Waals surface area contributed by atoms with E-state index in [0.717, 1.165) is 23.1 Å². The van der Waals surface area contributed by atoms with Gasteiger partial charge in [0.05, 0.1) is 21.8 Å². The smallest absolute Gasteiger partial charge is 0.337 e. The van der Waals surface area contributed by atoms with Gasteiger partial charge in [0, 0.05) is 24.2 Å². The van der Waals surface area contributed by atoms with Crippen LogP contribution in [0.2, 0.25) is 5.02 Å². The van der Waals surface area contributed by atoms with Gasteiger partial charge in [0.25, 0.3) is 0 Å². The van der Waals surface area contributed by atoms with E-state index < -0.39 is 5.97 Å². The van der Waals surface area contributed by atoms with Gasteiger partial charge in [0.2, 0.25) is 0 Å². The van der Waals surface area contributed by atoms with Gasteiger partial charge < -0.3 is 10.0 Å². The summed E-state index contributed by atoms with van der Waals surface area (Å²) in [7, 11) is 0. The van der Waals surface area contributed by atoms with Crippen LogP contribution in [0.3, 0.4) is 0 Å². The number of halogens is 1. The van der Waals surface area contributed by atoms with Crippen molar-refractivity contribution in [2.75, 3.05) is 11.4 Å². The standard InChI is InChI=1S/C14H13ClN2O2/c1-8-2-3-17(8)13-6-12-9(5-11(13)15)4-10(7-16-12)14(18)19/h4-8H,2-3H2,1H3,(H,18,19)/t8-/m0/s1. The molecule has 1 atom stereocenters. The van der Waals surface area contributed by atoms with Gasteiger partial charge in [0.15, 0.2) is 0 Å². The first kappa shape index (κ1) is 12.2. The molecule has 19 heavy (non-hydrogen) atoms. The third-order valence-electron chi connectivity index (χ3n) is 3.63. The molecule has 1 fully saturated rings. The van der Waals surface area contributed by atoms with Crippen LogP contribution in [0.5, 0.6) is 0 Å². The number of carboxylic acids is 1. The van der Waals surface area contributed by atoms with Gasteiger partial charge in [-0.05, 0) is 31.5 Å². The van der Waals surface area contributed by atoms with E-state index in [0.29, 0.717) is 11.1 Å². The Bertz CT molecular complexity index is 672. The van der Waals surface area contributed by atoms with Crippen LogP contribution in [-0.4, -0.2) is 28.6 Å². The van der Waals surface area contributed by atoms with Gasteiger partial charge in [-0.3, -0.25) is 4.98 Å². The Balaban J connectivity index is 2.11. The number of aromatic carboxylic acids is 1. The molecule has 2 heterocycles. The Morgan fingerprint density at radius 3 is 2.84 bits per heavy atom. The first-order valence-electron chi connectivity index (χ1n) is 6.15. The van der Waals surface area contributed by atoms with Crippen molar-refractivity contribution in [3.63, 3.8) is 0 Å². The molecule has 0 spiro atoms. The van der Waals surface area contributed by atoms with Crippen LogP contribution < -0.4 is 4.90 Å². The van der Waals surface area contributed by atoms with E-state index in [2.05, 4.69) is 16.8 Å². The fourth-order valence-electron chi connectivity index (χ4n) is 2.35. The summed E-state index contributed by atoms with van der Waals surface area (Å²) in [6.07, 6.45) is 2.54. The number of hydrogen-bond acceptors (Lipinski definition) is 3. The molecule has 4 nitrogen and oxygen atoms in total. The van der Waals surface area contributed by atoms with E-state index in [1.54, 1.807) is 12.1 Å². The van der Waals surface area contributed by atoms with Gasteiger partial charge in [-0.25, -0.2) is 4.79 Å². The molecule has 5 heteroatoms. The van der Waals surface area contributed by atoms with Crippen LogP contribution in [0.1, 0.15) is 23.7 Å². The van der Waals surface area contributed by atoms with Crippen molar-refractivity contribution < 1.29 is 9.90 Å². The minimum Gasteiger partial charge on any atom is -0.478 e. The van der Waals surface area contributed by atoms with E-state index in [4.69, 9.17) is 16.7 Å². The maximum Gasteiger partial charge on any atom is 0.337 e. The number of fused-ring (bicyclic) bond motifs is 1. The molecule has 0 unspecified atom stereocenters. The van der Waals surface area contributed by atoms with Gasteiger partial charge in [-0.15, -0.1) is 0 Å². The van der Waals surface area contributed by atoms with E-state index in [-0.39, 0.29) is 5.56 Å². The Kier molecular flexibility index (Phi) is 2.82. The summed E-state index contributed by atoms with van der Waals surface area (Å²) in [5.74, 6) is -0.981.